The highest BCUT2D eigenvalue weighted by atomic mass is 79.9. The van der Waals surface area contributed by atoms with Crippen LogP contribution in [0.25, 0.3) is 0 Å². The Bertz CT molecular complexity index is 276. The van der Waals surface area contributed by atoms with Crippen LogP contribution in [0.4, 0.5) is 0 Å². The van der Waals surface area contributed by atoms with Crippen molar-refractivity contribution in [2.24, 2.45) is 0 Å². The third kappa shape index (κ3) is 4.28. The lowest BCUT2D eigenvalue weighted by Crippen LogP contribution is -2.26. The van der Waals surface area contributed by atoms with Gasteiger partial charge in [0.2, 0.25) is 0 Å². The van der Waals surface area contributed by atoms with Gasteiger partial charge in [-0.25, -0.2) is 0 Å². The first kappa shape index (κ1) is 12.6. The lowest BCUT2D eigenvalue weighted by atomic mass is 10.2. The maximum absolute atomic E-state index is 5.17. The number of halogens is 1. The number of rotatable bonds is 6. The van der Waals surface area contributed by atoms with Crippen molar-refractivity contribution in [3.05, 3.63) is 28.5 Å². The van der Waals surface area contributed by atoms with Gasteiger partial charge in [-0.3, -0.25) is 4.98 Å². The minimum Gasteiger partial charge on any atom is -0.383 e. The summed E-state index contributed by atoms with van der Waals surface area (Å²) in [5.41, 5.74) is 1.02. The molecule has 1 atom stereocenters. The molecule has 0 saturated heterocycles. The maximum Gasteiger partial charge on any atom is 0.0732 e. The molecule has 0 aromatic carbocycles. The Labute approximate surface area is 99.4 Å². The zero-order valence-electron chi connectivity index (χ0n) is 9.16. The normalized spacial score (nSPS) is 12.7. The third-order valence-corrected chi connectivity index (χ3v) is 2.55. The number of nitrogens with one attached hydrogen (secondary N) is 1. The monoisotopic (exact) mass is 272 g/mol. The molecule has 1 aromatic heterocycles. The summed E-state index contributed by atoms with van der Waals surface area (Å²) in [6, 6.07) is 4.19. The highest BCUT2D eigenvalue weighted by molar-refractivity contribution is 9.10. The summed E-state index contributed by atoms with van der Waals surface area (Å²) >= 11 is 3.37. The Morgan fingerprint density at radius 1 is 1.53 bits per heavy atom. The fourth-order valence-corrected chi connectivity index (χ4v) is 1.56. The Hall–Kier alpha value is -0.450. The van der Waals surface area contributed by atoms with Gasteiger partial charge in [-0.15, -0.1) is 0 Å². The molecule has 0 aliphatic carbocycles. The van der Waals surface area contributed by atoms with Gasteiger partial charge in [0.15, 0.2) is 0 Å². The summed E-state index contributed by atoms with van der Waals surface area (Å²) in [7, 11) is 1.71. The molecule has 1 unspecified atom stereocenters. The molecule has 0 spiro atoms. The van der Waals surface area contributed by atoms with E-state index in [2.05, 4.69) is 33.2 Å². The molecule has 4 heteroatoms. The molecule has 15 heavy (non-hydrogen) atoms. The summed E-state index contributed by atoms with van der Waals surface area (Å²) in [5.74, 6) is 0. The first-order chi connectivity index (χ1) is 7.27. The number of pyridine rings is 1. The van der Waals surface area contributed by atoms with Crippen molar-refractivity contribution < 1.29 is 4.74 Å². The van der Waals surface area contributed by atoms with Crippen LogP contribution >= 0.6 is 15.9 Å². The van der Waals surface area contributed by atoms with Crippen LogP contribution in [0.15, 0.2) is 22.8 Å². The van der Waals surface area contributed by atoms with Gasteiger partial charge in [0.05, 0.1) is 18.3 Å². The first-order valence-corrected chi connectivity index (χ1v) is 5.91. The van der Waals surface area contributed by atoms with Crippen molar-refractivity contribution in [3.63, 3.8) is 0 Å². The largest absolute Gasteiger partial charge is 0.383 e. The van der Waals surface area contributed by atoms with E-state index in [1.807, 2.05) is 18.3 Å². The standard InChI is InChI=1S/C11H17BrN2O/c1-3-6-13-11(8-15-2)10-5-4-9(12)7-14-10/h4-5,7,11,13H,3,6,8H2,1-2H3. The van der Waals surface area contributed by atoms with E-state index in [1.165, 1.54) is 0 Å². The number of nitrogens with zero attached hydrogens (tertiary/aromatic N) is 1. The molecule has 1 heterocycles. The SMILES string of the molecule is CCCNC(COC)c1ccc(Br)cn1. The van der Waals surface area contributed by atoms with Gasteiger partial charge in [0.25, 0.3) is 0 Å². The summed E-state index contributed by atoms with van der Waals surface area (Å²) in [6.45, 7) is 3.77. The fourth-order valence-electron chi connectivity index (χ4n) is 1.33. The molecular weight excluding hydrogens is 256 g/mol. The van der Waals surface area contributed by atoms with Crippen LogP contribution in [0, 0.1) is 0 Å². The summed E-state index contributed by atoms with van der Waals surface area (Å²) in [5, 5.41) is 3.40. The van der Waals surface area contributed by atoms with Crippen LogP contribution in [-0.4, -0.2) is 25.2 Å². The van der Waals surface area contributed by atoms with Gasteiger partial charge in [-0.05, 0) is 41.0 Å². The molecule has 0 aliphatic rings. The van der Waals surface area contributed by atoms with Crippen LogP contribution in [0.5, 0.6) is 0 Å². The van der Waals surface area contributed by atoms with Crippen molar-refractivity contribution >= 4 is 15.9 Å². The predicted octanol–water partition coefficient (Wildman–Crippen LogP) is 2.53. The molecule has 0 bridgehead atoms. The Balaban J connectivity index is 2.65. The Morgan fingerprint density at radius 2 is 2.33 bits per heavy atom. The lowest BCUT2D eigenvalue weighted by Gasteiger charge is -2.16. The van der Waals surface area contributed by atoms with E-state index >= 15 is 0 Å². The molecular formula is C11H17BrN2O. The van der Waals surface area contributed by atoms with Gasteiger partial charge in [0, 0.05) is 17.8 Å². The van der Waals surface area contributed by atoms with Crippen molar-refractivity contribution in [1.29, 1.82) is 0 Å². The molecule has 3 nitrogen and oxygen atoms in total. The van der Waals surface area contributed by atoms with E-state index in [9.17, 15) is 0 Å². The number of methoxy groups -OCH3 is 1. The molecule has 1 rings (SSSR count). The third-order valence-electron chi connectivity index (χ3n) is 2.08. The zero-order valence-corrected chi connectivity index (χ0v) is 10.8. The van der Waals surface area contributed by atoms with E-state index in [-0.39, 0.29) is 6.04 Å². The highest BCUT2D eigenvalue weighted by Gasteiger charge is 2.10. The molecule has 0 radical (unpaired) electrons. The zero-order chi connectivity index (χ0) is 11.1. The minimum absolute atomic E-state index is 0.183. The van der Waals surface area contributed by atoms with E-state index in [4.69, 9.17) is 4.74 Å². The van der Waals surface area contributed by atoms with Gasteiger partial charge in [-0.1, -0.05) is 6.92 Å². The second-order valence-corrected chi connectivity index (χ2v) is 4.28. The van der Waals surface area contributed by atoms with Crippen LogP contribution in [0.2, 0.25) is 0 Å². The molecule has 84 valence electrons. The molecule has 0 fully saturated rings. The second kappa shape index (κ2) is 6.93. The van der Waals surface area contributed by atoms with Crippen LogP contribution in [0.1, 0.15) is 25.1 Å². The van der Waals surface area contributed by atoms with Crippen LogP contribution in [-0.2, 0) is 4.74 Å². The highest BCUT2D eigenvalue weighted by Crippen LogP contribution is 2.14. The van der Waals surface area contributed by atoms with Crippen molar-refractivity contribution in [2.45, 2.75) is 19.4 Å². The van der Waals surface area contributed by atoms with Crippen LogP contribution < -0.4 is 5.32 Å². The summed E-state index contributed by atoms with van der Waals surface area (Å²) in [6.07, 6.45) is 2.92. The lowest BCUT2D eigenvalue weighted by molar-refractivity contribution is 0.165. The van der Waals surface area contributed by atoms with Crippen molar-refractivity contribution in [1.82, 2.24) is 10.3 Å². The van der Waals surface area contributed by atoms with Crippen molar-refractivity contribution in [2.75, 3.05) is 20.3 Å². The fraction of sp³-hybridized carbons (Fsp3) is 0.545. The average Bonchev–Trinajstić information content (AvgIpc) is 2.25. The number of hydrogen-bond acceptors (Lipinski definition) is 3. The Kier molecular flexibility index (Phi) is 5.83. The van der Waals surface area contributed by atoms with E-state index in [0.29, 0.717) is 6.61 Å². The Morgan fingerprint density at radius 3 is 2.87 bits per heavy atom. The van der Waals surface area contributed by atoms with Gasteiger partial charge in [0.1, 0.15) is 0 Å². The number of aromatic nitrogens is 1. The van der Waals surface area contributed by atoms with E-state index in [0.717, 1.165) is 23.1 Å². The molecule has 0 saturated carbocycles. The summed E-state index contributed by atoms with van der Waals surface area (Å²) in [4.78, 5) is 4.36. The van der Waals surface area contributed by atoms with Gasteiger partial charge >= 0.3 is 0 Å². The van der Waals surface area contributed by atoms with Crippen molar-refractivity contribution in [3.8, 4) is 0 Å². The summed E-state index contributed by atoms with van der Waals surface area (Å²) < 4.78 is 6.17. The van der Waals surface area contributed by atoms with Crippen LogP contribution in [0.3, 0.4) is 0 Å². The quantitative estimate of drug-likeness (QED) is 0.864. The average molecular weight is 273 g/mol. The second-order valence-electron chi connectivity index (χ2n) is 3.36. The van der Waals surface area contributed by atoms with Gasteiger partial charge < -0.3 is 10.1 Å². The van der Waals surface area contributed by atoms with E-state index in [1.54, 1.807) is 7.11 Å². The first-order valence-electron chi connectivity index (χ1n) is 5.11. The molecule has 1 N–H and O–H groups in total. The van der Waals surface area contributed by atoms with E-state index < -0.39 is 0 Å². The van der Waals surface area contributed by atoms with Gasteiger partial charge in [-0.2, -0.15) is 0 Å². The predicted molar refractivity (Wildman–Crippen MR) is 64.8 cm³/mol. The topological polar surface area (TPSA) is 34.1 Å². The smallest absolute Gasteiger partial charge is 0.0732 e. The minimum atomic E-state index is 0.183. The molecule has 0 aliphatic heterocycles. The molecule has 0 amide bonds. The number of ether oxygens (including phenoxy) is 1. The number of hydrogen-bond donors (Lipinski definition) is 1. The maximum atomic E-state index is 5.17. The molecule has 1 aromatic rings.